The third-order valence-electron chi connectivity index (χ3n) is 6.51. The van der Waals surface area contributed by atoms with Crippen molar-refractivity contribution in [2.45, 2.75) is 51.2 Å². The molecule has 25 heavy (non-hydrogen) atoms. The van der Waals surface area contributed by atoms with Crippen molar-refractivity contribution in [3.63, 3.8) is 0 Å². The van der Waals surface area contributed by atoms with Crippen LogP contribution in [0.5, 0.6) is 0 Å². The molecule has 0 aromatic heterocycles. The highest BCUT2D eigenvalue weighted by atomic mass is 127. The normalized spacial score (nSPS) is 37.6. The van der Waals surface area contributed by atoms with Crippen molar-refractivity contribution in [3.8, 4) is 0 Å². The maximum atomic E-state index is 11.6. The molecule has 4 aliphatic rings. The van der Waals surface area contributed by atoms with Crippen molar-refractivity contribution in [1.29, 1.82) is 0 Å². The van der Waals surface area contributed by atoms with E-state index >= 15 is 0 Å². The van der Waals surface area contributed by atoms with E-state index in [0.29, 0.717) is 41.5 Å². The molecule has 2 aliphatic carbocycles. The van der Waals surface area contributed by atoms with Gasteiger partial charge in [-0.3, -0.25) is 4.99 Å². The third kappa shape index (κ3) is 3.54. The van der Waals surface area contributed by atoms with Gasteiger partial charge in [0.1, 0.15) is 0 Å². The van der Waals surface area contributed by atoms with Crippen LogP contribution >= 0.6 is 24.0 Å². The summed E-state index contributed by atoms with van der Waals surface area (Å²) in [6.07, 6.45) is 6.16. The van der Waals surface area contributed by atoms with Gasteiger partial charge in [0.2, 0.25) is 0 Å². The van der Waals surface area contributed by atoms with Crippen molar-refractivity contribution in [3.05, 3.63) is 0 Å². The Labute approximate surface area is 167 Å². The lowest BCUT2D eigenvalue weighted by molar-refractivity contribution is -0.171. The first kappa shape index (κ1) is 19.7. The van der Waals surface area contributed by atoms with Gasteiger partial charge in [0, 0.05) is 37.1 Å². The smallest absolute Gasteiger partial charge is 0.191 e. The molecule has 0 amide bonds. The van der Waals surface area contributed by atoms with Crippen molar-refractivity contribution >= 4 is 39.8 Å². The Morgan fingerprint density at radius 3 is 2.72 bits per heavy atom. The Balaban J connectivity index is 0.00000182. The monoisotopic (exact) mass is 483 g/mol. The molecule has 1 spiro atoms. The predicted molar refractivity (Wildman–Crippen MR) is 109 cm³/mol. The molecule has 4 fully saturated rings. The zero-order valence-electron chi connectivity index (χ0n) is 14.9. The summed E-state index contributed by atoms with van der Waals surface area (Å²) in [7, 11) is -2.82. The first-order valence-corrected chi connectivity index (χ1v) is 11.2. The molecule has 2 heterocycles. The lowest BCUT2D eigenvalue weighted by atomic mass is 9.46. The number of ether oxygens (including phenoxy) is 1. The Morgan fingerprint density at radius 1 is 1.32 bits per heavy atom. The number of sulfone groups is 1. The fourth-order valence-corrected chi connectivity index (χ4v) is 7.01. The first-order chi connectivity index (χ1) is 11.5. The molecule has 8 heteroatoms. The lowest BCUT2D eigenvalue weighted by Gasteiger charge is -2.63. The van der Waals surface area contributed by atoms with Gasteiger partial charge in [-0.05, 0) is 38.5 Å². The van der Waals surface area contributed by atoms with Crippen molar-refractivity contribution in [2.24, 2.45) is 22.2 Å². The summed E-state index contributed by atoms with van der Waals surface area (Å²) in [5, 5.41) is 7.01. The summed E-state index contributed by atoms with van der Waals surface area (Å²) in [4.78, 5) is 4.71. The average molecular weight is 483 g/mol. The van der Waals surface area contributed by atoms with Crippen LogP contribution in [0, 0.1) is 17.3 Å². The molecule has 0 radical (unpaired) electrons. The van der Waals surface area contributed by atoms with E-state index < -0.39 is 9.84 Å². The molecule has 4 atom stereocenters. The van der Waals surface area contributed by atoms with Crippen LogP contribution in [0.2, 0.25) is 0 Å². The average Bonchev–Trinajstić information content (AvgIpc) is 3.05. The van der Waals surface area contributed by atoms with Gasteiger partial charge >= 0.3 is 0 Å². The Kier molecular flexibility index (Phi) is 5.90. The molecule has 2 N–H and O–H groups in total. The van der Waals surface area contributed by atoms with E-state index in [9.17, 15) is 8.42 Å². The van der Waals surface area contributed by atoms with Gasteiger partial charge in [-0.2, -0.15) is 0 Å². The van der Waals surface area contributed by atoms with Crippen LogP contribution in [0.15, 0.2) is 4.99 Å². The third-order valence-corrected chi connectivity index (χ3v) is 8.34. The number of hydrogen-bond donors (Lipinski definition) is 2. The molecular weight excluding hydrogens is 453 g/mol. The summed E-state index contributed by atoms with van der Waals surface area (Å²) in [6, 6.07) is 0.462. The number of nitrogens with one attached hydrogen (secondary N) is 2. The fraction of sp³-hybridized carbons (Fsp3) is 0.941. The van der Waals surface area contributed by atoms with Gasteiger partial charge < -0.3 is 15.4 Å². The summed E-state index contributed by atoms with van der Waals surface area (Å²) >= 11 is 0. The molecule has 0 bridgehead atoms. The van der Waals surface area contributed by atoms with Crippen LogP contribution in [0.1, 0.15) is 39.0 Å². The van der Waals surface area contributed by atoms with Gasteiger partial charge in [0.15, 0.2) is 15.8 Å². The molecule has 0 aromatic rings. The van der Waals surface area contributed by atoms with E-state index in [2.05, 4.69) is 17.6 Å². The Morgan fingerprint density at radius 2 is 2.12 bits per heavy atom. The second-order valence-electron chi connectivity index (χ2n) is 7.94. The number of nitrogens with zero attached hydrogens (tertiary/aromatic N) is 1. The van der Waals surface area contributed by atoms with Gasteiger partial charge in [-0.15, -0.1) is 24.0 Å². The van der Waals surface area contributed by atoms with Crippen molar-refractivity contribution in [2.75, 3.05) is 31.2 Å². The number of fused-ring (bicyclic) bond motifs is 2. The summed E-state index contributed by atoms with van der Waals surface area (Å²) in [5.41, 5.74) is 0.327. The molecule has 0 aromatic carbocycles. The first-order valence-electron chi connectivity index (χ1n) is 9.41. The van der Waals surface area contributed by atoms with E-state index in [-0.39, 0.29) is 29.9 Å². The molecule has 2 saturated carbocycles. The van der Waals surface area contributed by atoms with E-state index in [0.717, 1.165) is 32.0 Å². The summed E-state index contributed by atoms with van der Waals surface area (Å²) in [5.74, 6) is 2.25. The van der Waals surface area contributed by atoms with Crippen LogP contribution < -0.4 is 10.6 Å². The molecule has 2 saturated heterocycles. The highest BCUT2D eigenvalue weighted by Crippen LogP contribution is 2.62. The lowest BCUT2D eigenvalue weighted by Crippen LogP contribution is -2.72. The van der Waals surface area contributed by atoms with Crippen LogP contribution in [0.4, 0.5) is 0 Å². The van der Waals surface area contributed by atoms with E-state index in [4.69, 9.17) is 9.73 Å². The molecule has 2 aliphatic heterocycles. The van der Waals surface area contributed by atoms with Crippen molar-refractivity contribution < 1.29 is 13.2 Å². The number of hydrogen-bond acceptors (Lipinski definition) is 4. The Hall–Kier alpha value is -0.0900. The van der Waals surface area contributed by atoms with Crippen LogP contribution in [0.3, 0.4) is 0 Å². The molecule has 4 unspecified atom stereocenters. The molecule has 4 rings (SSSR count). The molecular formula is C17H30IN3O3S. The predicted octanol–water partition coefficient (Wildman–Crippen LogP) is 1.55. The number of halogens is 1. The quantitative estimate of drug-likeness (QED) is 0.361. The van der Waals surface area contributed by atoms with Gasteiger partial charge in [0.05, 0.1) is 17.6 Å². The largest absolute Gasteiger partial charge is 0.377 e. The van der Waals surface area contributed by atoms with E-state index in [1.807, 2.05) is 0 Å². The molecule has 6 nitrogen and oxygen atoms in total. The topological polar surface area (TPSA) is 79.8 Å². The standard InChI is InChI=1S/C17H29N3O3S.HI/c1-2-18-16(19-10-12-5-9-24(21,22)11-12)20-14-13-4-8-23-15(13)17(14)6-3-7-17;/h12-15H,2-11H2,1H3,(H2,18,19,20);1H. The fourth-order valence-electron chi connectivity index (χ4n) is 5.16. The van der Waals surface area contributed by atoms with Gasteiger partial charge in [-0.25, -0.2) is 8.42 Å². The van der Waals surface area contributed by atoms with Crippen LogP contribution in [-0.2, 0) is 14.6 Å². The zero-order valence-corrected chi connectivity index (χ0v) is 18.0. The highest BCUT2D eigenvalue weighted by Gasteiger charge is 2.66. The minimum atomic E-state index is -2.82. The van der Waals surface area contributed by atoms with Crippen LogP contribution in [0.25, 0.3) is 0 Å². The molecule has 144 valence electrons. The number of rotatable bonds is 4. The minimum absolute atomic E-state index is 0. The van der Waals surface area contributed by atoms with Crippen LogP contribution in [-0.4, -0.2) is 57.7 Å². The maximum Gasteiger partial charge on any atom is 0.191 e. The maximum absolute atomic E-state index is 11.6. The summed E-state index contributed by atoms with van der Waals surface area (Å²) in [6.45, 7) is 4.37. The van der Waals surface area contributed by atoms with Gasteiger partial charge in [-0.1, -0.05) is 6.42 Å². The highest BCUT2D eigenvalue weighted by molar-refractivity contribution is 14.0. The minimum Gasteiger partial charge on any atom is -0.377 e. The summed E-state index contributed by atoms with van der Waals surface area (Å²) < 4.78 is 29.2. The second kappa shape index (κ2) is 7.50. The number of aliphatic imine (C=N–C) groups is 1. The van der Waals surface area contributed by atoms with E-state index in [1.165, 1.54) is 19.3 Å². The second-order valence-corrected chi connectivity index (χ2v) is 10.2. The van der Waals surface area contributed by atoms with Crippen molar-refractivity contribution in [1.82, 2.24) is 10.6 Å². The number of guanidine groups is 1. The van der Waals surface area contributed by atoms with E-state index in [1.54, 1.807) is 0 Å². The Bertz CT molecular complexity index is 621. The SMILES string of the molecule is CCNC(=NCC1CCS(=O)(=O)C1)NC1C2CCOC2C12CCC2.I. The van der Waals surface area contributed by atoms with Gasteiger partial charge in [0.25, 0.3) is 0 Å². The zero-order chi connectivity index (χ0) is 16.8.